The van der Waals surface area contributed by atoms with Crippen LogP contribution < -0.4 is 4.43 Å². The van der Waals surface area contributed by atoms with Crippen molar-refractivity contribution >= 4 is 8.32 Å². The molecule has 0 heterocycles. The second-order valence-corrected chi connectivity index (χ2v) is 16.9. The van der Waals surface area contributed by atoms with Gasteiger partial charge < -0.3 is 14.6 Å². The maximum Gasteiger partial charge on any atom is 0.250 e. The molecule has 2 saturated carbocycles. The molecule has 3 aliphatic rings. The summed E-state index contributed by atoms with van der Waals surface area (Å²) in [5.41, 5.74) is 2.30. The average Bonchev–Trinajstić information content (AvgIpc) is 2.91. The molecule has 0 saturated heterocycles. The topological polar surface area (TPSA) is 49.7 Å². The molecular weight excluding hydrogens is 388 g/mol. The number of rotatable bonds is 4. The Balaban J connectivity index is 1.57. The number of hydrogen-bond donors (Lipinski definition) is 2. The normalized spacial score (nSPS) is 36.1. The van der Waals surface area contributed by atoms with E-state index >= 15 is 0 Å². The third-order valence-corrected chi connectivity index (χ3v) is 14.1. The fraction of sp³-hybridized carbons (Fsp3) is 0.769. The highest BCUT2D eigenvalue weighted by Crippen LogP contribution is 2.65. The molecule has 168 valence electrons. The van der Waals surface area contributed by atoms with Crippen molar-refractivity contribution in [2.45, 2.75) is 102 Å². The van der Waals surface area contributed by atoms with Crippen molar-refractivity contribution in [3.05, 3.63) is 29.3 Å². The van der Waals surface area contributed by atoms with Gasteiger partial charge in [-0.15, -0.1) is 0 Å². The molecule has 1 aromatic rings. The Bertz CT molecular complexity index is 798. The van der Waals surface area contributed by atoms with Crippen molar-refractivity contribution in [2.24, 2.45) is 17.3 Å². The number of aryl methyl sites for hydroxylation is 1. The van der Waals surface area contributed by atoms with E-state index in [1.807, 2.05) is 0 Å². The first-order valence-electron chi connectivity index (χ1n) is 12.1. The van der Waals surface area contributed by atoms with Crippen LogP contribution in [0.5, 0.6) is 5.75 Å². The smallest absolute Gasteiger partial charge is 0.250 e. The predicted molar refractivity (Wildman–Crippen MR) is 126 cm³/mol. The van der Waals surface area contributed by atoms with Gasteiger partial charge >= 0.3 is 0 Å². The molecule has 0 radical (unpaired) electrons. The molecule has 5 atom stereocenters. The van der Waals surface area contributed by atoms with E-state index in [0.717, 1.165) is 37.9 Å². The second kappa shape index (κ2) is 7.35. The Labute approximate surface area is 184 Å². The molecule has 0 aliphatic heterocycles. The Morgan fingerprint density at radius 3 is 2.53 bits per heavy atom. The summed E-state index contributed by atoms with van der Waals surface area (Å²) in [6.07, 6.45) is 7.05. The molecule has 0 unspecified atom stereocenters. The lowest BCUT2D eigenvalue weighted by Crippen LogP contribution is -2.51. The van der Waals surface area contributed by atoms with Gasteiger partial charge in [-0.2, -0.15) is 0 Å². The minimum Gasteiger partial charge on any atom is -0.543 e. The summed E-state index contributed by atoms with van der Waals surface area (Å²) in [7, 11) is -1.83. The van der Waals surface area contributed by atoms with E-state index in [1.165, 1.54) is 17.5 Å². The van der Waals surface area contributed by atoms with E-state index in [-0.39, 0.29) is 17.1 Å². The van der Waals surface area contributed by atoms with Gasteiger partial charge in [0.25, 0.3) is 0 Å². The molecule has 30 heavy (non-hydrogen) atoms. The van der Waals surface area contributed by atoms with E-state index in [1.54, 1.807) is 0 Å². The molecule has 4 rings (SSSR count). The maximum atomic E-state index is 11.4. The highest BCUT2D eigenvalue weighted by atomic mass is 28.4. The molecule has 4 heteroatoms. The SMILES string of the molecule is CC(C)(C)[Si](C)(C)Oc1ccc2c(c1)CC[C@@H]1[C@@H]2CC[C@@]2(C)[C@H]1CC[C@@]2(O)CCO. The van der Waals surface area contributed by atoms with Gasteiger partial charge in [-0.05, 0) is 110 Å². The lowest BCUT2D eigenvalue weighted by molar-refractivity contribution is -0.112. The van der Waals surface area contributed by atoms with E-state index in [0.29, 0.717) is 24.2 Å². The minimum atomic E-state index is -1.83. The van der Waals surface area contributed by atoms with Crippen LogP contribution in [0.25, 0.3) is 0 Å². The number of benzene rings is 1. The summed E-state index contributed by atoms with van der Waals surface area (Å²) >= 11 is 0. The van der Waals surface area contributed by atoms with Gasteiger partial charge in [0.05, 0.1) is 5.60 Å². The first kappa shape index (κ1) is 22.4. The fourth-order valence-corrected chi connectivity index (χ4v) is 7.80. The molecule has 3 aliphatic carbocycles. The molecule has 2 N–H and O–H groups in total. The van der Waals surface area contributed by atoms with Crippen LogP contribution in [-0.4, -0.2) is 30.7 Å². The Kier molecular flexibility index (Phi) is 5.48. The summed E-state index contributed by atoms with van der Waals surface area (Å²) in [4.78, 5) is 0. The third-order valence-electron chi connectivity index (χ3n) is 9.72. The Hall–Kier alpha value is -0.843. The van der Waals surface area contributed by atoms with Gasteiger partial charge in [0.1, 0.15) is 5.75 Å². The van der Waals surface area contributed by atoms with Crippen LogP contribution in [-0.2, 0) is 6.42 Å². The molecular formula is C26H42O3Si. The Morgan fingerprint density at radius 2 is 1.87 bits per heavy atom. The highest BCUT2D eigenvalue weighted by molar-refractivity contribution is 6.74. The number of aliphatic hydroxyl groups excluding tert-OH is 1. The quantitative estimate of drug-likeness (QED) is 0.573. The molecule has 0 amide bonds. The van der Waals surface area contributed by atoms with Gasteiger partial charge in [-0.3, -0.25) is 0 Å². The first-order chi connectivity index (χ1) is 13.9. The van der Waals surface area contributed by atoms with Crippen LogP contribution in [0.15, 0.2) is 18.2 Å². The zero-order valence-electron chi connectivity index (χ0n) is 19.9. The van der Waals surface area contributed by atoms with Gasteiger partial charge in [0.15, 0.2) is 0 Å². The van der Waals surface area contributed by atoms with E-state index in [9.17, 15) is 10.2 Å². The molecule has 1 aromatic carbocycles. The van der Waals surface area contributed by atoms with E-state index < -0.39 is 13.9 Å². The second-order valence-electron chi connectivity index (χ2n) is 12.1. The zero-order chi connectivity index (χ0) is 21.9. The monoisotopic (exact) mass is 430 g/mol. The standard InChI is InChI=1S/C26H42O3Si/c1-24(2,3)30(5,6)29-19-8-10-20-18(17-19)7-9-22-21(20)11-13-25(4)23(22)12-14-26(25,28)15-16-27/h8,10,17,21-23,27-28H,7,9,11-16H2,1-6H3/t21-,22-,23+,25+,26-/m1/s1. The van der Waals surface area contributed by atoms with Crippen LogP contribution in [0.1, 0.15) is 83.3 Å². The fourth-order valence-electron chi connectivity index (χ4n) is 6.78. The van der Waals surface area contributed by atoms with Gasteiger partial charge in [0.2, 0.25) is 8.32 Å². The van der Waals surface area contributed by atoms with Crippen molar-refractivity contribution < 1.29 is 14.6 Å². The predicted octanol–water partition coefficient (Wildman–Crippen LogP) is 6.04. The largest absolute Gasteiger partial charge is 0.543 e. The van der Waals surface area contributed by atoms with Crippen molar-refractivity contribution in [3.63, 3.8) is 0 Å². The van der Waals surface area contributed by atoms with Gasteiger partial charge in [0, 0.05) is 6.61 Å². The van der Waals surface area contributed by atoms with Crippen molar-refractivity contribution in [3.8, 4) is 5.75 Å². The van der Waals surface area contributed by atoms with Gasteiger partial charge in [-0.1, -0.05) is 33.8 Å². The molecule has 0 bridgehead atoms. The lowest BCUT2D eigenvalue weighted by atomic mass is 9.53. The summed E-state index contributed by atoms with van der Waals surface area (Å²) in [5.74, 6) is 2.91. The summed E-state index contributed by atoms with van der Waals surface area (Å²) in [5, 5.41) is 21.1. The molecule has 0 aromatic heterocycles. The first-order valence-corrected chi connectivity index (χ1v) is 15.0. The van der Waals surface area contributed by atoms with Crippen molar-refractivity contribution in [1.29, 1.82) is 0 Å². The number of hydrogen-bond acceptors (Lipinski definition) is 3. The number of fused-ring (bicyclic) bond motifs is 5. The average molecular weight is 431 g/mol. The lowest BCUT2D eigenvalue weighted by Gasteiger charge is -2.53. The van der Waals surface area contributed by atoms with E-state index in [4.69, 9.17) is 4.43 Å². The van der Waals surface area contributed by atoms with Gasteiger partial charge in [-0.25, -0.2) is 0 Å². The number of aliphatic hydroxyl groups is 2. The van der Waals surface area contributed by atoms with Crippen molar-refractivity contribution in [1.82, 2.24) is 0 Å². The zero-order valence-corrected chi connectivity index (χ0v) is 20.9. The molecule has 3 nitrogen and oxygen atoms in total. The van der Waals surface area contributed by atoms with Crippen LogP contribution in [0.2, 0.25) is 18.1 Å². The van der Waals surface area contributed by atoms with Crippen LogP contribution in [0.4, 0.5) is 0 Å². The maximum absolute atomic E-state index is 11.4. The van der Waals surface area contributed by atoms with Crippen LogP contribution in [0.3, 0.4) is 0 Å². The van der Waals surface area contributed by atoms with E-state index in [2.05, 4.69) is 59.0 Å². The van der Waals surface area contributed by atoms with Crippen LogP contribution in [0, 0.1) is 17.3 Å². The highest BCUT2D eigenvalue weighted by Gasteiger charge is 2.61. The van der Waals surface area contributed by atoms with Crippen LogP contribution >= 0.6 is 0 Å². The molecule has 2 fully saturated rings. The molecule has 0 spiro atoms. The summed E-state index contributed by atoms with van der Waals surface area (Å²) < 4.78 is 6.59. The summed E-state index contributed by atoms with van der Waals surface area (Å²) in [6.45, 7) is 13.9. The minimum absolute atomic E-state index is 0.0419. The summed E-state index contributed by atoms with van der Waals surface area (Å²) in [6, 6.07) is 6.90. The Morgan fingerprint density at radius 1 is 1.13 bits per heavy atom. The van der Waals surface area contributed by atoms with Crippen molar-refractivity contribution in [2.75, 3.05) is 6.61 Å². The third kappa shape index (κ3) is 3.38.